The number of sulfonamides is 1. The largest absolute Gasteiger partial charge is 0.447 e. The lowest BCUT2D eigenvalue weighted by Crippen LogP contribution is -2.62. The average molecular weight is 403 g/mol. The molecule has 0 atom stereocenters. The predicted molar refractivity (Wildman–Crippen MR) is 107 cm³/mol. The number of ether oxygens (including phenoxy) is 1. The second-order valence-electron chi connectivity index (χ2n) is 7.70. The van der Waals surface area contributed by atoms with E-state index in [1.54, 1.807) is 11.3 Å². The van der Waals surface area contributed by atoms with E-state index >= 15 is 0 Å². The maximum absolute atomic E-state index is 12.2. The maximum Gasteiger partial charge on any atom is 0.256 e. The Morgan fingerprint density at radius 2 is 1.89 bits per heavy atom. The van der Waals surface area contributed by atoms with Crippen molar-refractivity contribution in [1.29, 1.82) is 0 Å². The molecule has 4 heterocycles. The smallest absolute Gasteiger partial charge is 0.256 e. The summed E-state index contributed by atoms with van der Waals surface area (Å²) in [5, 5.41) is 0.880. The fraction of sp³-hybridized carbons (Fsp3) is 0.450. The molecule has 2 aromatic rings. The standard InChI is InChI=1S/C20H22N2O3S2/c1-14-2-7-18(26-14)25-17-5-3-15(4-6-17)20-10-8-16(9-11-20)22-12-13-27(23,24)21-19(20)22/h2-7,16H,8-13H2,1H3. The summed E-state index contributed by atoms with van der Waals surface area (Å²) in [5.41, 5.74) is 0.872. The van der Waals surface area contributed by atoms with E-state index in [-0.39, 0.29) is 11.2 Å². The van der Waals surface area contributed by atoms with Crippen LogP contribution in [-0.2, 0) is 15.4 Å². The van der Waals surface area contributed by atoms with E-state index in [0.717, 1.165) is 47.9 Å². The third kappa shape index (κ3) is 2.88. The Balaban J connectivity index is 1.49. The van der Waals surface area contributed by atoms with E-state index in [9.17, 15) is 8.42 Å². The van der Waals surface area contributed by atoms with Crippen molar-refractivity contribution in [2.24, 2.45) is 4.40 Å². The first-order valence-corrected chi connectivity index (χ1v) is 11.8. The lowest BCUT2D eigenvalue weighted by atomic mass is 9.63. The Morgan fingerprint density at radius 3 is 2.56 bits per heavy atom. The van der Waals surface area contributed by atoms with Gasteiger partial charge in [-0.05, 0) is 62.4 Å². The molecular weight excluding hydrogens is 380 g/mol. The van der Waals surface area contributed by atoms with E-state index in [1.165, 1.54) is 4.88 Å². The lowest BCUT2D eigenvalue weighted by Gasteiger charge is -2.55. The zero-order valence-corrected chi connectivity index (χ0v) is 16.9. The van der Waals surface area contributed by atoms with Crippen LogP contribution >= 0.6 is 11.3 Å². The highest BCUT2D eigenvalue weighted by Gasteiger charge is 2.52. The van der Waals surface area contributed by atoms with Crippen molar-refractivity contribution in [3.63, 3.8) is 0 Å². The molecule has 4 aliphatic rings. The Labute approximate surface area is 163 Å². The second kappa shape index (κ2) is 6.07. The number of piperidine rings is 2. The van der Waals surface area contributed by atoms with Gasteiger partial charge in [-0.1, -0.05) is 12.1 Å². The Bertz CT molecular complexity index is 1000. The highest BCUT2D eigenvalue weighted by atomic mass is 32.2. The van der Waals surface area contributed by atoms with Gasteiger partial charge in [0.05, 0.1) is 11.2 Å². The summed E-state index contributed by atoms with van der Waals surface area (Å²) in [5.74, 6) is 1.71. The number of nitrogens with zero attached hydrogens (tertiary/aromatic N) is 2. The van der Waals surface area contributed by atoms with E-state index in [0.29, 0.717) is 12.6 Å². The van der Waals surface area contributed by atoms with Crippen LogP contribution in [0.5, 0.6) is 10.8 Å². The van der Waals surface area contributed by atoms with Crippen LogP contribution in [0.1, 0.15) is 36.1 Å². The highest BCUT2D eigenvalue weighted by Crippen LogP contribution is 2.49. The van der Waals surface area contributed by atoms with E-state index in [4.69, 9.17) is 4.74 Å². The summed E-state index contributed by atoms with van der Waals surface area (Å²) in [6, 6.07) is 12.6. The minimum atomic E-state index is -3.35. The van der Waals surface area contributed by atoms with Gasteiger partial charge in [-0.2, -0.15) is 0 Å². The SMILES string of the molecule is Cc1ccc(Oc2ccc(C34CCC(CC3)N3CCS(=O)(=O)N=C34)cc2)s1. The quantitative estimate of drug-likeness (QED) is 0.776. The number of amidine groups is 1. The first kappa shape index (κ1) is 17.3. The number of aryl methyl sites for hydroxylation is 1. The topological polar surface area (TPSA) is 59.0 Å². The Morgan fingerprint density at radius 1 is 1.15 bits per heavy atom. The molecule has 0 radical (unpaired) electrons. The number of rotatable bonds is 3. The monoisotopic (exact) mass is 402 g/mol. The van der Waals surface area contributed by atoms with Gasteiger partial charge in [0, 0.05) is 17.5 Å². The average Bonchev–Trinajstić information content (AvgIpc) is 3.07. The summed E-state index contributed by atoms with van der Waals surface area (Å²) in [4.78, 5) is 3.48. The van der Waals surface area contributed by atoms with Gasteiger partial charge in [0.15, 0.2) is 5.06 Å². The van der Waals surface area contributed by atoms with Crippen LogP contribution in [0.2, 0.25) is 0 Å². The van der Waals surface area contributed by atoms with Crippen molar-refractivity contribution in [2.45, 2.75) is 44.1 Å². The predicted octanol–water partition coefficient (Wildman–Crippen LogP) is 4.09. The van der Waals surface area contributed by atoms with E-state index in [1.807, 2.05) is 24.3 Å². The molecule has 5 nitrogen and oxygen atoms in total. The molecule has 0 N–H and O–H groups in total. The molecule has 1 aromatic carbocycles. The summed E-state index contributed by atoms with van der Waals surface area (Å²) < 4.78 is 34.5. The highest BCUT2D eigenvalue weighted by molar-refractivity contribution is 7.90. The summed E-state index contributed by atoms with van der Waals surface area (Å²) in [6.45, 7) is 2.64. The molecule has 1 aromatic heterocycles. The zero-order valence-electron chi connectivity index (χ0n) is 15.2. The minimum Gasteiger partial charge on any atom is -0.447 e. The third-order valence-electron chi connectivity index (χ3n) is 6.11. The molecule has 3 aliphatic heterocycles. The van der Waals surface area contributed by atoms with Crippen LogP contribution in [0.15, 0.2) is 40.8 Å². The Hall–Kier alpha value is -1.86. The van der Waals surface area contributed by atoms with Crippen molar-refractivity contribution in [3.8, 4) is 10.8 Å². The number of fused-ring (bicyclic) bond motifs is 2. The summed E-state index contributed by atoms with van der Waals surface area (Å²) >= 11 is 1.62. The van der Waals surface area contributed by atoms with Gasteiger partial charge < -0.3 is 9.64 Å². The molecule has 2 bridgehead atoms. The molecular formula is C20H22N2O3S2. The van der Waals surface area contributed by atoms with Crippen molar-refractivity contribution in [1.82, 2.24) is 4.90 Å². The van der Waals surface area contributed by atoms with Gasteiger partial charge in [0.2, 0.25) is 0 Å². The molecule has 7 heteroatoms. The normalized spacial score (nSPS) is 28.6. The minimum absolute atomic E-state index is 0.135. The lowest BCUT2D eigenvalue weighted by molar-refractivity contribution is 0.151. The van der Waals surface area contributed by atoms with Crippen molar-refractivity contribution in [2.75, 3.05) is 12.3 Å². The number of benzene rings is 1. The van der Waals surface area contributed by atoms with Crippen LogP contribution < -0.4 is 4.74 Å². The van der Waals surface area contributed by atoms with Gasteiger partial charge in [0.25, 0.3) is 10.0 Å². The van der Waals surface area contributed by atoms with Crippen LogP contribution in [0.25, 0.3) is 0 Å². The maximum atomic E-state index is 12.2. The molecule has 142 valence electrons. The van der Waals surface area contributed by atoms with Crippen LogP contribution in [0, 0.1) is 6.92 Å². The first-order valence-electron chi connectivity index (χ1n) is 9.40. The second-order valence-corrected chi connectivity index (χ2v) is 10.7. The molecule has 6 rings (SSSR count). The third-order valence-corrected chi connectivity index (χ3v) is 8.13. The van der Waals surface area contributed by atoms with Crippen LogP contribution in [0.4, 0.5) is 0 Å². The summed E-state index contributed by atoms with van der Waals surface area (Å²) in [6.07, 6.45) is 4.14. The molecule has 1 aliphatic carbocycles. The number of thiophene rings is 1. The van der Waals surface area contributed by atoms with E-state index < -0.39 is 10.0 Å². The van der Waals surface area contributed by atoms with Gasteiger partial charge >= 0.3 is 0 Å². The van der Waals surface area contributed by atoms with Crippen molar-refractivity contribution >= 4 is 27.2 Å². The molecule has 0 spiro atoms. The fourth-order valence-corrected chi connectivity index (χ4v) is 6.53. The molecule has 3 fully saturated rings. The number of hydrogen-bond donors (Lipinski definition) is 0. The molecule has 1 saturated carbocycles. The van der Waals surface area contributed by atoms with Gasteiger partial charge in [-0.15, -0.1) is 15.7 Å². The van der Waals surface area contributed by atoms with Crippen molar-refractivity contribution < 1.29 is 13.2 Å². The molecule has 27 heavy (non-hydrogen) atoms. The van der Waals surface area contributed by atoms with Crippen LogP contribution in [-0.4, -0.2) is 37.5 Å². The zero-order chi connectivity index (χ0) is 18.6. The Kier molecular flexibility index (Phi) is 3.88. The summed E-state index contributed by atoms with van der Waals surface area (Å²) in [7, 11) is -3.35. The van der Waals surface area contributed by atoms with Crippen LogP contribution in [0.3, 0.4) is 0 Å². The molecule has 0 unspecified atom stereocenters. The van der Waals surface area contributed by atoms with Gasteiger partial charge in [-0.25, -0.2) is 8.42 Å². The van der Waals surface area contributed by atoms with Gasteiger partial charge in [0.1, 0.15) is 11.6 Å². The molecule has 2 saturated heterocycles. The van der Waals surface area contributed by atoms with Crippen molar-refractivity contribution in [3.05, 3.63) is 46.8 Å². The molecule has 0 amide bonds. The first-order chi connectivity index (χ1) is 13.0. The van der Waals surface area contributed by atoms with E-state index in [2.05, 4.69) is 28.4 Å². The fourth-order valence-electron chi connectivity index (χ4n) is 4.74. The number of hydrogen-bond acceptors (Lipinski definition) is 5. The van der Waals surface area contributed by atoms with Gasteiger partial charge in [-0.3, -0.25) is 0 Å².